The van der Waals surface area contributed by atoms with Crippen molar-refractivity contribution in [2.24, 2.45) is 10.9 Å². The highest BCUT2D eigenvalue weighted by Gasteiger charge is 2.24. The number of aromatic nitrogens is 1. The fourth-order valence-corrected chi connectivity index (χ4v) is 4.87. The second kappa shape index (κ2) is 11.3. The van der Waals surface area contributed by atoms with Crippen LogP contribution in [0.25, 0.3) is 10.9 Å². The van der Waals surface area contributed by atoms with Gasteiger partial charge in [0.15, 0.2) is 5.96 Å². The molecule has 0 saturated carbocycles. The summed E-state index contributed by atoms with van der Waals surface area (Å²) >= 11 is 0. The maximum absolute atomic E-state index is 11.6. The van der Waals surface area contributed by atoms with Gasteiger partial charge in [0.05, 0.1) is 6.26 Å². The molecule has 3 N–H and O–H groups in total. The van der Waals surface area contributed by atoms with E-state index < -0.39 is 10.0 Å². The first kappa shape index (κ1) is 24.9. The minimum Gasteiger partial charge on any atom is -0.361 e. The van der Waals surface area contributed by atoms with E-state index in [1.807, 2.05) is 0 Å². The Morgan fingerprint density at radius 1 is 1.23 bits per heavy atom. The molecule has 168 valence electrons. The summed E-state index contributed by atoms with van der Waals surface area (Å²) in [5.74, 6) is 1.26. The van der Waals surface area contributed by atoms with Gasteiger partial charge in [-0.05, 0) is 42.7 Å². The molecule has 0 unspecified atom stereocenters. The SMILES string of the molecule is CCc1cccc2c(CCNC(=NC)NCC3CCN(S(C)(=O)=O)CC3)c[nH]c12.I. The molecule has 0 spiro atoms. The molecule has 1 saturated heterocycles. The molecule has 9 heteroatoms. The molecule has 7 nitrogen and oxygen atoms in total. The van der Waals surface area contributed by atoms with Crippen LogP contribution in [0.5, 0.6) is 0 Å². The summed E-state index contributed by atoms with van der Waals surface area (Å²) in [5.41, 5.74) is 3.90. The van der Waals surface area contributed by atoms with E-state index in [0.29, 0.717) is 19.0 Å². The number of aliphatic imine (C=N–C) groups is 1. The maximum atomic E-state index is 11.6. The van der Waals surface area contributed by atoms with E-state index in [9.17, 15) is 8.42 Å². The summed E-state index contributed by atoms with van der Waals surface area (Å²) < 4.78 is 24.8. The lowest BCUT2D eigenvalue weighted by Gasteiger charge is -2.30. The monoisotopic (exact) mass is 547 g/mol. The first-order valence-electron chi connectivity index (χ1n) is 10.4. The Hall–Kier alpha value is -1.33. The maximum Gasteiger partial charge on any atom is 0.211 e. The number of rotatable bonds is 7. The highest BCUT2D eigenvalue weighted by atomic mass is 127. The molecule has 2 aromatic rings. The summed E-state index contributed by atoms with van der Waals surface area (Å²) in [5, 5.41) is 8.08. The van der Waals surface area contributed by atoms with Crippen molar-refractivity contribution in [1.29, 1.82) is 0 Å². The average molecular weight is 548 g/mol. The van der Waals surface area contributed by atoms with E-state index in [2.05, 4.69) is 51.9 Å². The normalized spacial score (nSPS) is 16.4. The largest absolute Gasteiger partial charge is 0.361 e. The van der Waals surface area contributed by atoms with Gasteiger partial charge >= 0.3 is 0 Å². The number of H-pyrrole nitrogens is 1. The number of hydrogen-bond donors (Lipinski definition) is 3. The minimum atomic E-state index is -3.06. The zero-order valence-corrected chi connectivity index (χ0v) is 21.2. The Labute approximate surface area is 197 Å². The van der Waals surface area contributed by atoms with Crippen molar-refractivity contribution in [3.63, 3.8) is 0 Å². The van der Waals surface area contributed by atoms with E-state index in [1.54, 1.807) is 11.4 Å². The van der Waals surface area contributed by atoms with Gasteiger partial charge < -0.3 is 15.6 Å². The van der Waals surface area contributed by atoms with Gasteiger partial charge in [0.1, 0.15) is 0 Å². The lowest BCUT2D eigenvalue weighted by Crippen LogP contribution is -2.44. The molecule has 0 radical (unpaired) electrons. The quantitative estimate of drug-likeness (QED) is 0.283. The number of benzene rings is 1. The molecule has 0 aliphatic carbocycles. The molecule has 1 aliphatic heterocycles. The zero-order valence-electron chi connectivity index (χ0n) is 18.1. The molecule has 1 fully saturated rings. The predicted octanol–water partition coefficient (Wildman–Crippen LogP) is 2.73. The third-order valence-corrected chi connectivity index (χ3v) is 7.08. The van der Waals surface area contributed by atoms with Crippen molar-refractivity contribution in [2.75, 3.05) is 39.5 Å². The third kappa shape index (κ3) is 6.34. The molecular weight excluding hydrogens is 513 g/mol. The van der Waals surface area contributed by atoms with Gasteiger partial charge in [-0.3, -0.25) is 4.99 Å². The number of guanidine groups is 1. The Bertz CT molecular complexity index is 949. The topological polar surface area (TPSA) is 89.6 Å². The Kier molecular flexibility index (Phi) is 9.42. The van der Waals surface area contributed by atoms with Gasteiger partial charge in [-0.15, -0.1) is 24.0 Å². The van der Waals surface area contributed by atoms with Crippen LogP contribution in [-0.2, 0) is 22.9 Å². The Balaban J connectivity index is 0.00000320. The number of fused-ring (bicyclic) bond motifs is 1. The lowest BCUT2D eigenvalue weighted by molar-refractivity contribution is 0.275. The average Bonchev–Trinajstić information content (AvgIpc) is 3.13. The number of piperidine rings is 1. The van der Waals surface area contributed by atoms with Gasteiger partial charge in [-0.25, -0.2) is 12.7 Å². The molecule has 0 amide bonds. The Morgan fingerprint density at radius 3 is 2.60 bits per heavy atom. The molecule has 30 heavy (non-hydrogen) atoms. The van der Waals surface area contributed by atoms with Crippen LogP contribution in [0.1, 0.15) is 30.9 Å². The smallest absolute Gasteiger partial charge is 0.211 e. The van der Waals surface area contributed by atoms with Crippen molar-refractivity contribution in [3.05, 3.63) is 35.5 Å². The summed E-state index contributed by atoms with van der Waals surface area (Å²) in [7, 11) is -1.29. The van der Waals surface area contributed by atoms with Gasteiger partial charge in [-0.1, -0.05) is 25.1 Å². The van der Waals surface area contributed by atoms with Gasteiger partial charge in [0.2, 0.25) is 10.0 Å². The number of sulfonamides is 1. The van der Waals surface area contributed by atoms with Gasteiger partial charge in [0.25, 0.3) is 0 Å². The molecule has 1 aliphatic rings. The molecule has 1 aromatic carbocycles. The van der Waals surface area contributed by atoms with Crippen LogP contribution in [0.2, 0.25) is 0 Å². The van der Waals surface area contributed by atoms with Crippen LogP contribution in [0.3, 0.4) is 0 Å². The highest BCUT2D eigenvalue weighted by molar-refractivity contribution is 14.0. The van der Waals surface area contributed by atoms with Crippen LogP contribution < -0.4 is 10.6 Å². The molecule has 0 atom stereocenters. The number of aryl methyl sites for hydroxylation is 1. The van der Waals surface area contributed by atoms with Gasteiger partial charge in [0, 0.05) is 50.3 Å². The highest BCUT2D eigenvalue weighted by Crippen LogP contribution is 2.22. The number of halogens is 1. The number of aromatic amines is 1. The van der Waals surface area contributed by atoms with Crippen LogP contribution in [0, 0.1) is 5.92 Å². The standard InChI is InChI=1S/C21H33N5O2S.HI/c1-4-17-6-5-7-19-18(15-24-20(17)19)8-11-23-21(22-2)25-14-16-9-12-26(13-10-16)29(3,27)28;/h5-7,15-16,24H,4,8-14H2,1-3H3,(H2,22,23,25);1H. The molecule has 0 bridgehead atoms. The second-order valence-corrected chi connectivity index (χ2v) is 9.72. The molecular formula is C21H34IN5O2S. The number of para-hydroxylation sites is 1. The van der Waals surface area contributed by atoms with Crippen LogP contribution in [-0.4, -0.2) is 63.1 Å². The van der Waals surface area contributed by atoms with E-state index in [4.69, 9.17) is 0 Å². The second-order valence-electron chi connectivity index (χ2n) is 7.74. The Morgan fingerprint density at radius 2 is 1.97 bits per heavy atom. The third-order valence-electron chi connectivity index (χ3n) is 5.78. The van der Waals surface area contributed by atoms with Crippen LogP contribution in [0.4, 0.5) is 0 Å². The fourth-order valence-electron chi connectivity index (χ4n) is 4.00. The van der Waals surface area contributed by atoms with Crippen molar-refractivity contribution in [3.8, 4) is 0 Å². The van der Waals surface area contributed by atoms with Gasteiger partial charge in [-0.2, -0.15) is 0 Å². The van der Waals surface area contributed by atoms with Crippen LogP contribution >= 0.6 is 24.0 Å². The van der Waals surface area contributed by atoms with Crippen molar-refractivity contribution in [1.82, 2.24) is 19.9 Å². The first-order valence-corrected chi connectivity index (χ1v) is 12.2. The predicted molar refractivity (Wildman–Crippen MR) is 135 cm³/mol. The lowest BCUT2D eigenvalue weighted by atomic mass is 9.98. The number of hydrogen-bond acceptors (Lipinski definition) is 3. The van der Waals surface area contributed by atoms with Crippen LogP contribution in [0.15, 0.2) is 29.4 Å². The molecule has 3 rings (SSSR count). The van der Waals surface area contributed by atoms with E-state index >= 15 is 0 Å². The first-order chi connectivity index (χ1) is 13.9. The summed E-state index contributed by atoms with van der Waals surface area (Å²) in [6, 6.07) is 6.48. The van der Waals surface area contributed by atoms with Crippen molar-refractivity contribution >= 4 is 50.9 Å². The molecule has 1 aromatic heterocycles. The van der Waals surface area contributed by atoms with E-state index in [1.165, 1.54) is 28.3 Å². The van der Waals surface area contributed by atoms with Crippen molar-refractivity contribution in [2.45, 2.75) is 32.6 Å². The number of nitrogens with zero attached hydrogens (tertiary/aromatic N) is 2. The molecule has 2 heterocycles. The summed E-state index contributed by atoms with van der Waals surface area (Å²) in [6.45, 7) is 5.01. The summed E-state index contributed by atoms with van der Waals surface area (Å²) in [4.78, 5) is 7.74. The number of nitrogens with one attached hydrogen (secondary N) is 3. The minimum absolute atomic E-state index is 0. The zero-order chi connectivity index (χ0) is 20.9. The van der Waals surface area contributed by atoms with E-state index in [-0.39, 0.29) is 24.0 Å². The van der Waals surface area contributed by atoms with Crippen molar-refractivity contribution < 1.29 is 8.42 Å². The summed E-state index contributed by atoms with van der Waals surface area (Å²) in [6.07, 6.45) is 7.10. The van der Waals surface area contributed by atoms with E-state index in [0.717, 1.165) is 44.7 Å². The fraction of sp³-hybridized carbons (Fsp3) is 0.571.